The second-order valence-corrected chi connectivity index (χ2v) is 8.54. The van der Waals surface area contributed by atoms with Gasteiger partial charge in [0.1, 0.15) is 0 Å². The first kappa shape index (κ1) is 19.3. The first-order chi connectivity index (χ1) is 13.8. The summed E-state index contributed by atoms with van der Waals surface area (Å²) in [5.41, 5.74) is 0.916. The van der Waals surface area contributed by atoms with Crippen molar-refractivity contribution in [3.63, 3.8) is 0 Å². The summed E-state index contributed by atoms with van der Waals surface area (Å²) in [6.07, 6.45) is 0.444. The summed E-state index contributed by atoms with van der Waals surface area (Å²) >= 11 is 0. The lowest BCUT2D eigenvalue weighted by Crippen LogP contribution is -2.45. The molecule has 0 radical (unpaired) electrons. The highest BCUT2D eigenvalue weighted by atomic mass is 32.2. The van der Waals surface area contributed by atoms with Gasteiger partial charge in [-0.05, 0) is 30.2 Å². The summed E-state index contributed by atoms with van der Waals surface area (Å²) in [4.78, 5) is 14.6. The molecule has 0 saturated carbocycles. The van der Waals surface area contributed by atoms with Crippen molar-refractivity contribution < 1.29 is 18.3 Å². The quantitative estimate of drug-likeness (QED) is 0.676. The van der Waals surface area contributed by atoms with Crippen LogP contribution < -0.4 is 5.14 Å². The zero-order valence-corrected chi connectivity index (χ0v) is 16.3. The topological polar surface area (TPSA) is 101 Å². The largest absolute Gasteiger partial charge is 0.363 e. The van der Waals surface area contributed by atoms with E-state index in [2.05, 4.69) is 0 Å². The fourth-order valence-electron chi connectivity index (χ4n) is 3.74. The summed E-state index contributed by atoms with van der Waals surface area (Å²) in [6.45, 7) is 0.258. The maximum atomic E-state index is 13.1. The molecule has 0 saturated heterocycles. The lowest BCUT2D eigenvalue weighted by molar-refractivity contribution is -0.0493. The molecule has 0 bridgehead atoms. The average Bonchev–Trinajstić information content (AvgIpc) is 2.95. The Morgan fingerprint density at radius 1 is 0.897 bits per heavy atom. The van der Waals surface area contributed by atoms with Crippen LogP contribution in [0.25, 0.3) is 0 Å². The molecule has 1 unspecified atom stereocenters. The molecule has 4 rings (SSSR count). The molecule has 29 heavy (non-hydrogen) atoms. The van der Waals surface area contributed by atoms with E-state index in [1.807, 2.05) is 18.2 Å². The standard InChI is InChI=1S/C22H20N2O4S/c23-29(27,28)18-12-10-16(11-13-18)14-15-24-21(25)19-8-4-5-9-20(19)22(24,26)17-6-2-1-3-7-17/h1-13,26H,14-15H2,(H2,23,27,28). The van der Waals surface area contributed by atoms with Crippen molar-refractivity contribution in [3.05, 3.63) is 101 Å². The molecule has 3 N–H and O–H groups in total. The molecule has 3 aromatic carbocycles. The van der Waals surface area contributed by atoms with Crippen LogP contribution in [0.15, 0.2) is 83.8 Å². The second-order valence-electron chi connectivity index (χ2n) is 6.98. The fraction of sp³-hybridized carbons (Fsp3) is 0.136. The Kier molecular flexibility index (Phi) is 4.74. The monoisotopic (exact) mass is 408 g/mol. The molecule has 1 aliphatic rings. The normalized spacial score (nSPS) is 18.7. The van der Waals surface area contributed by atoms with Crippen LogP contribution in [0.5, 0.6) is 0 Å². The Balaban J connectivity index is 1.66. The molecule has 1 atom stereocenters. The molecule has 0 spiro atoms. The van der Waals surface area contributed by atoms with Gasteiger partial charge in [0.2, 0.25) is 10.0 Å². The van der Waals surface area contributed by atoms with E-state index in [1.165, 1.54) is 17.0 Å². The minimum absolute atomic E-state index is 0.0340. The van der Waals surface area contributed by atoms with Crippen LogP contribution in [0.3, 0.4) is 0 Å². The van der Waals surface area contributed by atoms with Crippen LogP contribution in [-0.4, -0.2) is 30.9 Å². The molecule has 0 fully saturated rings. The van der Waals surface area contributed by atoms with E-state index >= 15 is 0 Å². The third-order valence-electron chi connectivity index (χ3n) is 5.22. The third-order valence-corrected chi connectivity index (χ3v) is 6.15. The molecule has 148 valence electrons. The molecular formula is C22H20N2O4S. The second kappa shape index (κ2) is 7.11. The van der Waals surface area contributed by atoms with Crippen LogP contribution in [0.4, 0.5) is 0 Å². The Labute approximate surface area is 169 Å². The average molecular weight is 408 g/mol. The highest BCUT2D eigenvalue weighted by Gasteiger charge is 2.49. The summed E-state index contributed by atoms with van der Waals surface area (Å²) in [7, 11) is -3.75. The van der Waals surface area contributed by atoms with E-state index in [-0.39, 0.29) is 17.3 Å². The maximum Gasteiger partial charge on any atom is 0.257 e. The van der Waals surface area contributed by atoms with E-state index in [4.69, 9.17) is 5.14 Å². The van der Waals surface area contributed by atoms with Crippen LogP contribution in [0.1, 0.15) is 27.0 Å². The van der Waals surface area contributed by atoms with Gasteiger partial charge in [0, 0.05) is 23.2 Å². The van der Waals surface area contributed by atoms with Crippen molar-refractivity contribution in [1.82, 2.24) is 4.90 Å². The Hall–Kier alpha value is -3.00. The Morgan fingerprint density at radius 2 is 1.52 bits per heavy atom. The van der Waals surface area contributed by atoms with Gasteiger partial charge in [-0.3, -0.25) is 4.79 Å². The number of carbonyl (C=O) groups excluding carboxylic acids is 1. The number of carbonyl (C=O) groups is 1. The number of primary sulfonamides is 1. The van der Waals surface area contributed by atoms with E-state index < -0.39 is 15.7 Å². The summed E-state index contributed by atoms with van der Waals surface area (Å²) in [6, 6.07) is 22.3. The van der Waals surface area contributed by atoms with Gasteiger partial charge in [0.15, 0.2) is 5.72 Å². The number of benzene rings is 3. The van der Waals surface area contributed by atoms with Crippen LogP contribution in [-0.2, 0) is 22.2 Å². The van der Waals surface area contributed by atoms with Gasteiger partial charge in [-0.1, -0.05) is 60.7 Å². The van der Waals surface area contributed by atoms with E-state index in [1.54, 1.807) is 48.5 Å². The van der Waals surface area contributed by atoms with Crippen molar-refractivity contribution in [2.75, 3.05) is 6.54 Å². The summed E-state index contributed by atoms with van der Waals surface area (Å²) < 4.78 is 22.8. The Bertz CT molecular complexity index is 1160. The van der Waals surface area contributed by atoms with Gasteiger partial charge in [0.05, 0.1) is 4.90 Å². The van der Waals surface area contributed by atoms with Gasteiger partial charge in [0.25, 0.3) is 5.91 Å². The predicted octanol–water partition coefficient (Wildman–Crippen LogP) is 2.23. The first-order valence-corrected chi connectivity index (χ1v) is 10.7. The predicted molar refractivity (Wildman–Crippen MR) is 108 cm³/mol. The Morgan fingerprint density at radius 3 is 2.17 bits per heavy atom. The molecule has 6 nitrogen and oxygen atoms in total. The number of sulfonamides is 1. The van der Waals surface area contributed by atoms with Crippen molar-refractivity contribution in [3.8, 4) is 0 Å². The van der Waals surface area contributed by atoms with Gasteiger partial charge in [-0.25, -0.2) is 13.6 Å². The van der Waals surface area contributed by atoms with E-state index in [9.17, 15) is 18.3 Å². The third kappa shape index (κ3) is 3.33. The van der Waals surface area contributed by atoms with E-state index in [0.717, 1.165) is 5.56 Å². The molecule has 1 amide bonds. The van der Waals surface area contributed by atoms with Crippen molar-refractivity contribution in [1.29, 1.82) is 0 Å². The first-order valence-electron chi connectivity index (χ1n) is 9.13. The van der Waals surface area contributed by atoms with Gasteiger partial charge >= 0.3 is 0 Å². The number of nitrogens with zero attached hydrogens (tertiary/aromatic N) is 1. The zero-order chi connectivity index (χ0) is 20.6. The number of aliphatic hydroxyl groups is 1. The SMILES string of the molecule is NS(=O)(=O)c1ccc(CCN2C(=O)c3ccccc3C2(O)c2ccccc2)cc1. The minimum atomic E-state index is -3.75. The fourth-order valence-corrected chi connectivity index (χ4v) is 4.26. The van der Waals surface area contributed by atoms with Gasteiger partial charge in [-0.15, -0.1) is 0 Å². The smallest absolute Gasteiger partial charge is 0.257 e. The van der Waals surface area contributed by atoms with Crippen molar-refractivity contribution in [2.24, 2.45) is 5.14 Å². The number of amides is 1. The van der Waals surface area contributed by atoms with Crippen molar-refractivity contribution >= 4 is 15.9 Å². The van der Waals surface area contributed by atoms with Crippen LogP contribution in [0.2, 0.25) is 0 Å². The molecule has 0 aliphatic carbocycles. The van der Waals surface area contributed by atoms with Gasteiger partial charge in [-0.2, -0.15) is 0 Å². The molecule has 3 aromatic rings. The molecule has 1 heterocycles. The highest BCUT2D eigenvalue weighted by Crippen LogP contribution is 2.42. The number of hydrogen-bond acceptors (Lipinski definition) is 4. The summed E-state index contributed by atoms with van der Waals surface area (Å²) in [5.74, 6) is -0.242. The van der Waals surface area contributed by atoms with Crippen molar-refractivity contribution in [2.45, 2.75) is 17.0 Å². The number of rotatable bonds is 5. The number of fused-ring (bicyclic) bond motifs is 1. The molecule has 1 aliphatic heterocycles. The highest BCUT2D eigenvalue weighted by molar-refractivity contribution is 7.89. The minimum Gasteiger partial charge on any atom is -0.363 e. The lowest BCUT2D eigenvalue weighted by Gasteiger charge is -2.35. The van der Waals surface area contributed by atoms with Gasteiger partial charge < -0.3 is 10.0 Å². The summed E-state index contributed by atoms with van der Waals surface area (Å²) in [5, 5.41) is 16.8. The number of hydrogen-bond donors (Lipinski definition) is 2. The lowest BCUT2D eigenvalue weighted by atomic mass is 9.93. The molecular weight excluding hydrogens is 388 g/mol. The maximum absolute atomic E-state index is 13.1. The number of nitrogens with two attached hydrogens (primary N) is 1. The molecule has 0 aromatic heterocycles. The molecule has 7 heteroatoms. The van der Waals surface area contributed by atoms with Crippen LogP contribution in [0, 0.1) is 0 Å². The zero-order valence-electron chi connectivity index (χ0n) is 15.5. The van der Waals surface area contributed by atoms with E-state index in [0.29, 0.717) is 23.1 Å². The van der Waals surface area contributed by atoms with Crippen LogP contribution >= 0.6 is 0 Å².